The van der Waals surface area contributed by atoms with Gasteiger partial charge in [-0.05, 0) is 42.3 Å². The highest BCUT2D eigenvalue weighted by Crippen LogP contribution is 2.30. The molecular weight excluding hydrogens is 212 g/mol. The van der Waals surface area contributed by atoms with E-state index in [-0.39, 0.29) is 0 Å². The molecule has 0 spiro atoms. The van der Waals surface area contributed by atoms with Crippen LogP contribution in [0.4, 0.5) is 0 Å². The number of hydrogen-bond donors (Lipinski definition) is 3. The lowest BCUT2D eigenvalue weighted by atomic mass is 9.80. The van der Waals surface area contributed by atoms with Gasteiger partial charge in [-0.25, -0.2) is 0 Å². The zero-order chi connectivity index (χ0) is 11.7. The molecular formula is C14H18N2O. The van der Waals surface area contributed by atoms with Crippen molar-refractivity contribution in [2.45, 2.75) is 31.4 Å². The molecule has 3 nitrogen and oxygen atoms in total. The van der Waals surface area contributed by atoms with Crippen LogP contribution in [0, 0.1) is 0 Å². The number of fused-ring (bicyclic) bond motifs is 1. The zero-order valence-electron chi connectivity index (χ0n) is 9.87. The van der Waals surface area contributed by atoms with E-state index in [0.29, 0.717) is 6.54 Å². The number of aliphatic hydroxyl groups is 1. The van der Waals surface area contributed by atoms with Crippen LogP contribution in [-0.4, -0.2) is 22.2 Å². The van der Waals surface area contributed by atoms with Crippen molar-refractivity contribution < 1.29 is 5.11 Å². The van der Waals surface area contributed by atoms with Crippen molar-refractivity contribution in [1.29, 1.82) is 0 Å². The second-order valence-corrected chi connectivity index (χ2v) is 5.08. The quantitative estimate of drug-likeness (QED) is 0.754. The zero-order valence-corrected chi connectivity index (χ0v) is 9.87. The molecule has 0 bridgehead atoms. The fraction of sp³-hybridized carbons (Fsp3) is 0.429. The van der Waals surface area contributed by atoms with Gasteiger partial charge in [0.2, 0.25) is 0 Å². The number of aromatic amines is 1. The Balaban J connectivity index is 1.60. The summed E-state index contributed by atoms with van der Waals surface area (Å²) in [5.41, 5.74) is 1.99. The van der Waals surface area contributed by atoms with E-state index in [4.69, 9.17) is 0 Å². The smallest absolute Gasteiger partial charge is 0.0771 e. The van der Waals surface area contributed by atoms with Crippen molar-refractivity contribution in [2.75, 3.05) is 6.54 Å². The third kappa shape index (κ3) is 2.21. The van der Waals surface area contributed by atoms with Gasteiger partial charge in [0.25, 0.3) is 0 Å². The van der Waals surface area contributed by atoms with Gasteiger partial charge >= 0.3 is 0 Å². The molecule has 0 unspecified atom stereocenters. The third-order valence-electron chi connectivity index (χ3n) is 3.69. The average molecular weight is 230 g/mol. The summed E-state index contributed by atoms with van der Waals surface area (Å²) in [6, 6.07) is 8.49. The molecule has 90 valence electrons. The van der Waals surface area contributed by atoms with Crippen molar-refractivity contribution in [3.05, 3.63) is 36.0 Å². The van der Waals surface area contributed by atoms with Crippen LogP contribution in [0.3, 0.4) is 0 Å². The summed E-state index contributed by atoms with van der Waals surface area (Å²) in [6.07, 6.45) is 5.00. The second kappa shape index (κ2) is 4.17. The van der Waals surface area contributed by atoms with Gasteiger partial charge in [0.15, 0.2) is 0 Å². The van der Waals surface area contributed by atoms with Crippen molar-refractivity contribution in [1.82, 2.24) is 10.3 Å². The van der Waals surface area contributed by atoms with E-state index in [0.717, 1.165) is 25.8 Å². The number of H-pyrrole nitrogens is 1. The van der Waals surface area contributed by atoms with Gasteiger partial charge in [-0.1, -0.05) is 12.1 Å². The highest BCUT2D eigenvalue weighted by atomic mass is 16.3. The van der Waals surface area contributed by atoms with E-state index in [9.17, 15) is 5.11 Å². The first-order chi connectivity index (χ1) is 8.25. The molecule has 1 aromatic carbocycles. The first-order valence-electron chi connectivity index (χ1n) is 6.24. The van der Waals surface area contributed by atoms with Gasteiger partial charge in [0.05, 0.1) is 5.60 Å². The first-order valence-corrected chi connectivity index (χ1v) is 6.24. The number of hydrogen-bond acceptors (Lipinski definition) is 2. The molecule has 1 aromatic heterocycles. The van der Waals surface area contributed by atoms with Crippen LogP contribution in [-0.2, 0) is 6.54 Å². The topological polar surface area (TPSA) is 48.0 Å². The van der Waals surface area contributed by atoms with Gasteiger partial charge in [0.1, 0.15) is 0 Å². The predicted molar refractivity (Wildman–Crippen MR) is 68.8 cm³/mol. The number of aromatic nitrogens is 1. The maximum absolute atomic E-state index is 9.96. The van der Waals surface area contributed by atoms with E-state index >= 15 is 0 Å². The van der Waals surface area contributed by atoms with Gasteiger partial charge in [0, 0.05) is 24.8 Å². The summed E-state index contributed by atoms with van der Waals surface area (Å²) < 4.78 is 0. The molecule has 1 aliphatic rings. The molecule has 17 heavy (non-hydrogen) atoms. The third-order valence-corrected chi connectivity index (χ3v) is 3.69. The van der Waals surface area contributed by atoms with E-state index in [1.807, 2.05) is 6.20 Å². The normalized spacial score (nSPS) is 18.2. The Morgan fingerprint density at radius 3 is 2.94 bits per heavy atom. The van der Waals surface area contributed by atoms with Crippen LogP contribution >= 0.6 is 0 Å². The molecule has 1 aliphatic carbocycles. The van der Waals surface area contributed by atoms with Crippen LogP contribution in [0.25, 0.3) is 10.9 Å². The summed E-state index contributed by atoms with van der Waals surface area (Å²) in [5, 5.41) is 14.5. The average Bonchev–Trinajstić information content (AvgIpc) is 2.74. The van der Waals surface area contributed by atoms with Gasteiger partial charge in [-0.2, -0.15) is 0 Å². The minimum absolute atomic E-state index is 0.434. The van der Waals surface area contributed by atoms with Crippen molar-refractivity contribution in [3.8, 4) is 0 Å². The standard InChI is InChI=1S/C14H18N2O/c17-14(5-1-6-14)10-15-9-11-2-3-12-4-7-16-13(12)8-11/h2-4,7-8,15-17H,1,5-6,9-10H2. The van der Waals surface area contributed by atoms with Gasteiger partial charge < -0.3 is 15.4 Å². The molecule has 0 radical (unpaired) electrons. The lowest BCUT2D eigenvalue weighted by Crippen LogP contribution is -2.45. The Morgan fingerprint density at radius 2 is 2.18 bits per heavy atom. The molecule has 2 aromatic rings. The largest absolute Gasteiger partial charge is 0.389 e. The summed E-state index contributed by atoms with van der Waals surface area (Å²) in [5.74, 6) is 0. The summed E-state index contributed by atoms with van der Waals surface area (Å²) in [7, 11) is 0. The summed E-state index contributed by atoms with van der Waals surface area (Å²) >= 11 is 0. The van der Waals surface area contributed by atoms with E-state index < -0.39 is 5.60 Å². The number of nitrogens with one attached hydrogen (secondary N) is 2. The molecule has 3 rings (SSSR count). The van der Waals surface area contributed by atoms with Crippen LogP contribution in [0.5, 0.6) is 0 Å². The number of rotatable bonds is 4. The van der Waals surface area contributed by atoms with Crippen molar-refractivity contribution >= 4 is 10.9 Å². The first kappa shape index (κ1) is 10.8. The van der Waals surface area contributed by atoms with Gasteiger partial charge in [-0.3, -0.25) is 0 Å². The molecule has 0 saturated heterocycles. The molecule has 3 N–H and O–H groups in total. The Morgan fingerprint density at radius 1 is 1.29 bits per heavy atom. The maximum atomic E-state index is 9.96. The highest BCUT2D eigenvalue weighted by molar-refractivity contribution is 5.79. The second-order valence-electron chi connectivity index (χ2n) is 5.08. The fourth-order valence-corrected chi connectivity index (χ4v) is 2.41. The monoisotopic (exact) mass is 230 g/mol. The molecule has 3 heteroatoms. The van der Waals surface area contributed by atoms with Crippen LogP contribution in [0.2, 0.25) is 0 Å². The lowest BCUT2D eigenvalue weighted by molar-refractivity contribution is -0.0314. The van der Waals surface area contributed by atoms with E-state index in [1.54, 1.807) is 0 Å². The molecule has 0 amide bonds. The summed E-state index contributed by atoms with van der Waals surface area (Å²) in [6.45, 7) is 1.52. The minimum atomic E-state index is -0.434. The maximum Gasteiger partial charge on any atom is 0.0771 e. The SMILES string of the molecule is OC1(CNCc2ccc3cc[nH]c3c2)CCC1. The molecule has 1 heterocycles. The Labute approximate surface area is 101 Å². The predicted octanol–water partition coefficient (Wildman–Crippen LogP) is 2.17. The van der Waals surface area contributed by atoms with Gasteiger partial charge in [-0.15, -0.1) is 0 Å². The Bertz CT molecular complexity index is 514. The molecule has 0 atom stereocenters. The lowest BCUT2D eigenvalue weighted by Gasteiger charge is -2.36. The number of benzene rings is 1. The Kier molecular flexibility index (Phi) is 2.65. The van der Waals surface area contributed by atoms with Crippen LogP contribution in [0.1, 0.15) is 24.8 Å². The minimum Gasteiger partial charge on any atom is -0.389 e. The van der Waals surface area contributed by atoms with E-state index in [1.165, 1.54) is 16.5 Å². The fourth-order valence-electron chi connectivity index (χ4n) is 2.41. The molecule has 0 aliphatic heterocycles. The molecule has 1 fully saturated rings. The van der Waals surface area contributed by atoms with E-state index in [2.05, 4.69) is 34.6 Å². The highest BCUT2D eigenvalue weighted by Gasteiger charge is 2.33. The molecule has 1 saturated carbocycles. The Hall–Kier alpha value is -1.32. The summed E-state index contributed by atoms with van der Waals surface area (Å²) in [4.78, 5) is 3.21. The van der Waals surface area contributed by atoms with Crippen LogP contribution in [0.15, 0.2) is 30.5 Å². The van der Waals surface area contributed by atoms with Crippen LogP contribution < -0.4 is 5.32 Å². The van der Waals surface area contributed by atoms with Crippen molar-refractivity contribution in [3.63, 3.8) is 0 Å². The van der Waals surface area contributed by atoms with Crippen molar-refractivity contribution in [2.24, 2.45) is 0 Å².